The summed E-state index contributed by atoms with van der Waals surface area (Å²) in [7, 11) is -4.28. The topological polar surface area (TPSA) is 96.0 Å². The van der Waals surface area contributed by atoms with E-state index in [1.807, 2.05) is 12.1 Å². The monoisotopic (exact) mass is 513 g/mol. The Morgan fingerprint density at radius 1 is 0.917 bits per heavy atom. The van der Waals surface area contributed by atoms with E-state index in [2.05, 4.69) is 22.0 Å². The highest BCUT2D eigenvalue weighted by atomic mass is 32.2. The largest absolute Gasteiger partial charge is 0.369 e. The van der Waals surface area contributed by atoms with Crippen molar-refractivity contribution < 1.29 is 22.2 Å². The number of benzene rings is 2. The summed E-state index contributed by atoms with van der Waals surface area (Å²) in [6, 6.07) is 14.9. The van der Waals surface area contributed by atoms with E-state index in [0.29, 0.717) is 31.2 Å². The molecule has 0 atom stereocenters. The molecule has 2 aromatic carbocycles. The van der Waals surface area contributed by atoms with Crippen LogP contribution in [0.4, 0.5) is 5.69 Å². The lowest BCUT2D eigenvalue weighted by Gasteiger charge is -2.36. The average Bonchev–Trinajstić information content (AvgIpc) is 2.90. The van der Waals surface area contributed by atoms with Crippen LogP contribution in [-0.4, -0.2) is 63.5 Å². The Kier molecular flexibility index (Phi) is 8.31. The number of carbonyl (C=O) groups excluding carboxylic acids is 2. The maximum absolute atomic E-state index is 13.2. The summed E-state index contributed by atoms with van der Waals surface area (Å²) in [5, 5.41) is 2.84. The second-order valence-electron chi connectivity index (χ2n) is 9.61. The molecule has 1 heterocycles. The summed E-state index contributed by atoms with van der Waals surface area (Å²) >= 11 is 0. The molecule has 194 valence electrons. The highest BCUT2D eigenvalue weighted by molar-refractivity contribution is 7.87. The first-order valence-corrected chi connectivity index (χ1v) is 14.2. The van der Waals surface area contributed by atoms with E-state index in [9.17, 15) is 18.0 Å². The molecule has 1 aliphatic heterocycles. The van der Waals surface area contributed by atoms with Gasteiger partial charge in [0.15, 0.2) is 0 Å². The molecule has 8 nitrogen and oxygen atoms in total. The fraction of sp³-hybridized carbons (Fsp3) is 0.481. The summed E-state index contributed by atoms with van der Waals surface area (Å²) < 4.78 is 30.4. The Morgan fingerprint density at radius 3 is 2.17 bits per heavy atom. The van der Waals surface area contributed by atoms with Gasteiger partial charge in [-0.3, -0.25) is 9.69 Å². The Hall–Kier alpha value is -2.91. The first-order valence-electron chi connectivity index (χ1n) is 12.8. The maximum Gasteiger partial charge on any atom is 0.347 e. The van der Waals surface area contributed by atoms with Gasteiger partial charge in [-0.05, 0) is 62.2 Å². The first kappa shape index (κ1) is 26.2. The van der Waals surface area contributed by atoms with Gasteiger partial charge in [-0.1, -0.05) is 44.4 Å². The standard InChI is InChI=1S/C27H35N3O5S/c1-2-17-29-18-20-30(21-19-29)23-13-11-22(12-14-23)25(31)28-27(15-7-4-8-16-27)26(32)35-36(33,34)24-9-5-3-6-10-24/h3,5-6,9-14H,2,4,7-8,15-21H2,1H3,(H,28,31). The van der Waals surface area contributed by atoms with Crippen molar-refractivity contribution in [2.75, 3.05) is 37.6 Å². The minimum atomic E-state index is -4.28. The number of piperazine rings is 1. The lowest BCUT2D eigenvalue weighted by atomic mass is 9.81. The number of nitrogens with one attached hydrogen (secondary N) is 1. The number of nitrogens with zero attached hydrogens (tertiary/aromatic N) is 2. The summed E-state index contributed by atoms with van der Waals surface area (Å²) in [5.74, 6) is -1.34. The second kappa shape index (κ2) is 11.4. The van der Waals surface area contributed by atoms with Crippen LogP contribution in [0.2, 0.25) is 0 Å². The van der Waals surface area contributed by atoms with E-state index in [1.165, 1.54) is 12.1 Å². The van der Waals surface area contributed by atoms with Gasteiger partial charge >= 0.3 is 16.1 Å². The molecule has 0 spiro atoms. The molecule has 1 saturated heterocycles. The van der Waals surface area contributed by atoms with Crippen molar-refractivity contribution in [2.45, 2.75) is 55.9 Å². The number of hydrogen-bond acceptors (Lipinski definition) is 7. The predicted molar refractivity (Wildman–Crippen MR) is 138 cm³/mol. The highest BCUT2D eigenvalue weighted by Gasteiger charge is 2.44. The third-order valence-corrected chi connectivity index (χ3v) is 8.30. The Morgan fingerprint density at radius 2 is 1.56 bits per heavy atom. The molecule has 0 aromatic heterocycles. The fourth-order valence-corrected chi connectivity index (χ4v) is 5.95. The Labute approximate surface area is 213 Å². The van der Waals surface area contributed by atoms with Crippen molar-refractivity contribution in [2.24, 2.45) is 0 Å². The van der Waals surface area contributed by atoms with E-state index < -0.39 is 27.5 Å². The van der Waals surface area contributed by atoms with Crippen molar-refractivity contribution in [1.29, 1.82) is 0 Å². The molecule has 0 bridgehead atoms. The van der Waals surface area contributed by atoms with Crippen molar-refractivity contribution in [3.8, 4) is 0 Å². The van der Waals surface area contributed by atoms with Crippen molar-refractivity contribution in [1.82, 2.24) is 10.2 Å². The molecule has 36 heavy (non-hydrogen) atoms. The number of rotatable bonds is 8. The molecule has 1 amide bonds. The summed E-state index contributed by atoms with van der Waals surface area (Å²) in [6.07, 6.45) is 4.13. The van der Waals surface area contributed by atoms with Gasteiger partial charge < -0.3 is 14.4 Å². The van der Waals surface area contributed by atoms with Crippen LogP contribution < -0.4 is 10.2 Å². The van der Waals surface area contributed by atoms with Gasteiger partial charge in [-0.2, -0.15) is 8.42 Å². The van der Waals surface area contributed by atoms with Crippen molar-refractivity contribution >= 4 is 27.7 Å². The number of anilines is 1. The molecule has 0 unspecified atom stereocenters. The van der Waals surface area contributed by atoms with Gasteiger partial charge in [0.05, 0.1) is 0 Å². The van der Waals surface area contributed by atoms with Crippen LogP contribution in [0.1, 0.15) is 55.8 Å². The van der Waals surface area contributed by atoms with Crippen LogP contribution in [0.5, 0.6) is 0 Å². The van der Waals surface area contributed by atoms with Gasteiger partial charge in [0, 0.05) is 37.4 Å². The Bertz CT molecular complexity index is 1140. The second-order valence-corrected chi connectivity index (χ2v) is 11.2. The number of hydrogen-bond donors (Lipinski definition) is 1. The number of carbonyl (C=O) groups is 2. The minimum Gasteiger partial charge on any atom is -0.369 e. The molecule has 9 heteroatoms. The molecular formula is C27H35N3O5S. The van der Waals surface area contributed by atoms with E-state index >= 15 is 0 Å². The molecule has 1 aliphatic carbocycles. The predicted octanol–water partition coefficient (Wildman–Crippen LogP) is 3.58. The quantitative estimate of drug-likeness (QED) is 0.539. The van der Waals surface area contributed by atoms with Crippen LogP contribution in [-0.2, 0) is 19.1 Å². The molecule has 2 aliphatic rings. The third kappa shape index (κ3) is 6.07. The molecule has 0 radical (unpaired) electrons. The highest BCUT2D eigenvalue weighted by Crippen LogP contribution is 2.31. The van der Waals surface area contributed by atoms with Crippen molar-refractivity contribution in [3.63, 3.8) is 0 Å². The van der Waals surface area contributed by atoms with Crippen LogP contribution >= 0.6 is 0 Å². The van der Waals surface area contributed by atoms with E-state index in [4.69, 9.17) is 4.18 Å². The summed E-state index contributed by atoms with van der Waals surface area (Å²) in [6.45, 7) is 7.23. The SMILES string of the molecule is CCCN1CCN(c2ccc(C(=O)NC3(C(=O)OS(=O)(=O)c4ccccc4)CCCCC3)cc2)CC1. The smallest absolute Gasteiger partial charge is 0.347 e. The zero-order valence-electron chi connectivity index (χ0n) is 20.8. The summed E-state index contributed by atoms with van der Waals surface area (Å²) in [5.41, 5.74) is 0.112. The van der Waals surface area contributed by atoms with Crippen LogP contribution in [0.3, 0.4) is 0 Å². The molecule has 1 N–H and O–H groups in total. The van der Waals surface area contributed by atoms with Gasteiger partial charge in [0.2, 0.25) is 0 Å². The lowest BCUT2D eigenvalue weighted by molar-refractivity contribution is -0.142. The Balaban J connectivity index is 1.44. The van der Waals surface area contributed by atoms with Gasteiger partial charge in [-0.15, -0.1) is 0 Å². The zero-order valence-corrected chi connectivity index (χ0v) is 21.6. The molecule has 2 fully saturated rings. The fourth-order valence-electron chi connectivity index (χ4n) is 5.01. The lowest BCUT2D eigenvalue weighted by Crippen LogP contribution is -2.56. The van der Waals surface area contributed by atoms with Gasteiger partial charge in [-0.25, -0.2) is 4.79 Å². The van der Waals surface area contributed by atoms with Crippen LogP contribution in [0, 0.1) is 0 Å². The first-order chi connectivity index (χ1) is 17.3. The van der Waals surface area contributed by atoms with Gasteiger partial charge in [0.25, 0.3) is 5.91 Å². The zero-order chi connectivity index (χ0) is 25.6. The van der Waals surface area contributed by atoms with E-state index in [1.54, 1.807) is 30.3 Å². The minimum absolute atomic E-state index is 0.0956. The normalized spacial score (nSPS) is 18.4. The molecule has 4 rings (SSSR count). The van der Waals surface area contributed by atoms with E-state index in [0.717, 1.165) is 51.3 Å². The molecular weight excluding hydrogens is 478 g/mol. The van der Waals surface area contributed by atoms with Crippen molar-refractivity contribution in [3.05, 3.63) is 60.2 Å². The van der Waals surface area contributed by atoms with E-state index in [-0.39, 0.29) is 4.90 Å². The van der Waals surface area contributed by atoms with Crippen LogP contribution in [0.25, 0.3) is 0 Å². The average molecular weight is 514 g/mol. The van der Waals surface area contributed by atoms with Crippen LogP contribution in [0.15, 0.2) is 59.5 Å². The molecule has 2 aromatic rings. The van der Waals surface area contributed by atoms with Gasteiger partial charge in [0.1, 0.15) is 10.4 Å². The third-order valence-electron chi connectivity index (χ3n) is 7.07. The number of amides is 1. The summed E-state index contributed by atoms with van der Waals surface area (Å²) in [4.78, 5) is 31.0. The molecule has 1 saturated carbocycles. The maximum atomic E-state index is 13.2.